The van der Waals surface area contributed by atoms with Gasteiger partial charge in [0.2, 0.25) is 0 Å². The summed E-state index contributed by atoms with van der Waals surface area (Å²) in [6, 6.07) is 63.3. The Kier molecular flexibility index (Phi) is 7.52. The molecule has 0 saturated carbocycles. The van der Waals surface area contributed by atoms with Crippen LogP contribution < -0.4 is 30.1 Å². The molecule has 0 radical (unpaired) electrons. The Balaban J connectivity index is 1.17. The summed E-state index contributed by atoms with van der Waals surface area (Å²) in [7, 11) is 0. The number of para-hydroxylation sites is 3. The fraction of sp³-hybridized carbons (Fsp3) is 0.0877. The number of hydrogen-bond acceptors (Lipinski definition) is 5. The van der Waals surface area contributed by atoms with Crippen molar-refractivity contribution >= 4 is 78.9 Å². The number of hydrogen-bond donors (Lipinski definition) is 0. The van der Waals surface area contributed by atoms with E-state index in [2.05, 4.69) is 189 Å². The van der Waals surface area contributed by atoms with E-state index < -0.39 is 0 Å². The number of nitrogens with zero attached hydrogens (tertiary/aromatic N) is 2. The lowest BCUT2D eigenvalue weighted by atomic mass is 9.43. The highest BCUT2D eigenvalue weighted by molar-refractivity contribution is 6.94. The smallest absolute Gasteiger partial charge is 0.333 e. The van der Waals surface area contributed by atoms with Crippen LogP contribution in [-0.2, 0) is 5.41 Å². The third kappa shape index (κ3) is 5.37. The summed E-state index contributed by atoms with van der Waals surface area (Å²) < 4.78 is 20.5. The van der Waals surface area contributed by atoms with Crippen LogP contribution in [-0.4, -0.2) is 6.85 Å². The third-order valence-electron chi connectivity index (χ3n) is 13.3. The summed E-state index contributed by atoms with van der Waals surface area (Å²) in [5.74, 6) is 2.76. The van der Waals surface area contributed by atoms with Crippen molar-refractivity contribution in [1.29, 1.82) is 0 Å². The van der Waals surface area contributed by atoms with Crippen molar-refractivity contribution in [2.45, 2.75) is 33.1 Å². The fourth-order valence-corrected chi connectivity index (χ4v) is 10.3. The van der Waals surface area contributed by atoms with Crippen LogP contribution in [0.15, 0.2) is 180 Å². The highest BCUT2D eigenvalue weighted by Crippen LogP contribution is 2.54. The minimum absolute atomic E-state index is 0.000240. The van der Waals surface area contributed by atoms with Crippen molar-refractivity contribution in [1.82, 2.24) is 0 Å². The summed E-state index contributed by atoms with van der Waals surface area (Å²) in [4.78, 5) is 5.02. The minimum Gasteiger partial charge on any atom is -0.455 e. The molecule has 0 saturated heterocycles. The van der Waals surface area contributed by atoms with Gasteiger partial charge in [0, 0.05) is 56.4 Å². The van der Waals surface area contributed by atoms with Crippen molar-refractivity contribution in [2.75, 3.05) is 9.71 Å². The van der Waals surface area contributed by atoms with Gasteiger partial charge in [-0.15, -0.1) is 0 Å². The molecule has 6 heteroatoms. The SMILES string of the molecule is Cc1cc(-c2ccccc2)ccc1N1c2cc3c(cc2B2c4c1cc1c(oc5ccccc51)c4-c1cc4ccccc4cc1N2c1ccc(C(C)(C)C)cc1)Oc1ccccc1O3. The van der Waals surface area contributed by atoms with E-state index in [1.165, 1.54) is 32.9 Å². The van der Waals surface area contributed by atoms with Gasteiger partial charge in [-0.25, -0.2) is 0 Å². The Hall–Kier alpha value is -7.70. The molecule has 0 bridgehead atoms. The maximum atomic E-state index is 7.05. The molecule has 0 N–H and O–H groups in total. The van der Waals surface area contributed by atoms with Crippen LogP contribution in [0.5, 0.6) is 23.0 Å². The Morgan fingerprint density at radius 3 is 1.94 bits per heavy atom. The molecule has 0 unspecified atom stereocenters. The molecule has 300 valence electrons. The fourth-order valence-electron chi connectivity index (χ4n) is 10.3. The van der Waals surface area contributed by atoms with Gasteiger partial charge in [-0.2, -0.15) is 0 Å². The van der Waals surface area contributed by atoms with Gasteiger partial charge in [0.05, 0.1) is 0 Å². The van der Waals surface area contributed by atoms with Crippen LogP contribution in [0.2, 0.25) is 0 Å². The van der Waals surface area contributed by atoms with Gasteiger partial charge in [0.1, 0.15) is 11.2 Å². The molecule has 63 heavy (non-hydrogen) atoms. The molecule has 3 aliphatic heterocycles. The molecule has 0 fully saturated rings. The summed E-state index contributed by atoms with van der Waals surface area (Å²) in [5.41, 5.74) is 16.5. The highest BCUT2D eigenvalue weighted by Gasteiger charge is 2.48. The molecule has 0 spiro atoms. The van der Waals surface area contributed by atoms with E-state index in [0.717, 1.165) is 72.5 Å². The third-order valence-corrected chi connectivity index (χ3v) is 13.3. The van der Waals surface area contributed by atoms with Gasteiger partial charge in [0.25, 0.3) is 0 Å². The first-order valence-electron chi connectivity index (χ1n) is 21.8. The largest absolute Gasteiger partial charge is 0.455 e. The topological polar surface area (TPSA) is 38.1 Å². The highest BCUT2D eigenvalue weighted by atomic mass is 16.6. The van der Waals surface area contributed by atoms with Gasteiger partial charge in [0.15, 0.2) is 23.0 Å². The van der Waals surface area contributed by atoms with Crippen LogP contribution in [0.3, 0.4) is 0 Å². The summed E-state index contributed by atoms with van der Waals surface area (Å²) in [6.45, 7) is 8.77. The zero-order valence-corrected chi connectivity index (χ0v) is 35.4. The molecule has 0 aliphatic carbocycles. The standard InChI is InChI=1S/C57H41BN2O3/c1-34-28-38(35-14-6-5-7-15-35)22-27-45(34)59-47-33-53-52(61-50-20-12-13-21-51(50)62-53)32-44(47)58-55-48(59)31-42-41-18-10-11-19-49(41)63-56(42)54(55)43-29-36-16-8-9-17-37(36)30-46(43)60(58)40-25-23-39(24-26-40)57(2,3)4/h5-33H,1-4H3. The Bertz CT molecular complexity index is 3530. The number of aryl methyl sites for hydroxylation is 1. The van der Waals surface area contributed by atoms with Crippen LogP contribution >= 0.6 is 0 Å². The zero-order valence-electron chi connectivity index (χ0n) is 35.4. The van der Waals surface area contributed by atoms with E-state index in [0.29, 0.717) is 23.0 Å². The number of rotatable bonds is 3. The molecule has 9 aromatic carbocycles. The van der Waals surface area contributed by atoms with Gasteiger partial charge in [-0.1, -0.05) is 124 Å². The number of fused-ring (bicyclic) bond motifs is 11. The molecule has 3 aliphatic rings. The molecule has 13 rings (SSSR count). The second-order valence-electron chi connectivity index (χ2n) is 18.2. The van der Waals surface area contributed by atoms with Crippen molar-refractivity contribution in [2.24, 2.45) is 0 Å². The van der Waals surface area contributed by atoms with E-state index in [1.807, 2.05) is 24.3 Å². The zero-order chi connectivity index (χ0) is 42.1. The van der Waals surface area contributed by atoms with Crippen LogP contribution in [0.4, 0.5) is 28.4 Å². The van der Waals surface area contributed by atoms with E-state index >= 15 is 0 Å². The first-order chi connectivity index (χ1) is 30.8. The van der Waals surface area contributed by atoms with Gasteiger partial charge in [-0.05, 0) is 123 Å². The average molecular weight is 813 g/mol. The van der Waals surface area contributed by atoms with Gasteiger partial charge < -0.3 is 23.6 Å². The number of anilines is 5. The first kappa shape index (κ1) is 36.0. The second-order valence-corrected chi connectivity index (χ2v) is 18.2. The lowest BCUT2D eigenvalue weighted by molar-refractivity contribution is 0.360. The lowest BCUT2D eigenvalue weighted by Crippen LogP contribution is -2.61. The predicted octanol–water partition coefficient (Wildman–Crippen LogP) is 14.6. The quantitative estimate of drug-likeness (QED) is 0.166. The van der Waals surface area contributed by atoms with E-state index in [1.54, 1.807) is 0 Å². The molecular weight excluding hydrogens is 771 g/mol. The van der Waals surface area contributed by atoms with E-state index in [4.69, 9.17) is 13.9 Å². The maximum Gasteiger partial charge on any atom is 0.333 e. The molecular formula is C57H41BN2O3. The van der Waals surface area contributed by atoms with Crippen molar-refractivity contribution in [3.8, 4) is 45.3 Å². The lowest BCUT2D eigenvalue weighted by Gasteiger charge is -2.46. The van der Waals surface area contributed by atoms with Crippen molar-refractivity contribution in [3.05, 3.63) is 187 Å². The second kappa shape index (κ2) is 13.2. The Labute approximate surface area is 366 Å². The van der Waals surface area contributed by atoms with Gasteiger partial charge >= 0.3 is 6.85 Å². The van der Waals surface area contributed by atoms with Crippen LogP contribution in [0.25, 0.3) is 55.0 Å². The summed E-state index contributed by atoms with van der Waals surface area (Å²) in [5, 5.41) is 4.53. The Morgan fingerprint density at radius 1 is 0.508 bits per heavy atom. The predicted molar refractivity (Wildman–Crippen MR) is 260 cm³/mol. The Morgan fingerprint density at radius 2 is 1.19 bits per heavy atom. The van der Waals surface area contributed by atoms with Gasteiger partial charge in [-0.3, -0.25) is 0 Å². The molecule has 0 amide bonds. The van der Waals surface area contributed by atoms with Crippen molar-refractivity contribution < 1.29 is 13.9 Å². The van der Waals surface area contributed by atoms with Crippen molar-refractivity contribution in [3.63, 3.8) is 0 Å². The van der Waals surface area contributed by atoms with Crippen LogP contribution in [0.1, 0.15) is 31.9 Å². The van der Waals surface area contributed by atoms with E-state index in [9.17, 15) is 0 Å². The number of ether oxygens (including phenoxy) is 2. The number of benzene rings is 9. The minimum atomic E-state index is -0.275. The monoisotopic (exact) mass is 812 g/mol. The molecule has 5 nitrogen and oxygen atoms in total. The van der Waals surface area contributed by atoms with Crippen LogP contribution in [0, 0.1) is 6.92 Å². The molecule has 10 aromatic rings. The normalized spacial score (nSPS) is 13.6. The number of furan rings is 1. The first-order valence-corrected chi connectivity index (χ1v) is 21.8. The average Bonchev–Trinajstić information content (AvgIpc) is 3.68. The molecule has 1 aromatic heterocycles. The summed E-state index contributed by atoms with van der Waals surface area (Å²) >= 11 is 0. The molecule has 0 atom stereocenters. The van der Waals surface area contributed by atoms with E-state index in [-0.39, 0.29) is 12.3 Å². The molecule has 4 heterocycles. The summed E-state index contributed by atoms with van der Waals surface area (Å²) in [6.07, 6.45) is 0. The maximum absolute atomic E-state index is 7.05.